The molecule has 0 amide bonds. The van der Waals surface area contributed by atoms with Crippen molar-refractivity contribution in [3.63, 3.8) is 0 Å². The minimum Gasteiger partial charge on any atom is -0.496 e. The van der Waals surface area contributed by atoms with Crippen molar-refractivity contribution in [2.75, 3.05) is 13.7 Å². The average molecular weight is 371 g/mol. The van der Waals surface area contributed by atoms with E-state index in [2.05, 4.69) is 6.92 Å². The third kappa shape index (κ3) is 4.84. The summed E-state index contributed by atoms with van der Waals surface area (Å²) in [5.74, 6) is -0.604. The van der Waals surface area contributed by atoms with Gasteiger partial charge in [-0.05, 0) is 31.5 Å². The molecule has 0 radical (unpaired) electrons. The van der Waals surface area contributed by atoms with Gasteiger partial charge in [-0.15, -0.1) is 0 Å². The first-order valence-electron chi connectivity index (χ1n) is 9.12. The first-order chi connectivity index (χ1) is 13.0. The maximum absolute atomic E-state index is 13.0. The van der Waals surface area contributed by atoms with E-state index >= 15 is 0 Å². The number of hydrogen-bond acceptors (Lipinski definition) is 5. The smallest absolute Gasteiger partial charge is 0.343 e. The Labute approximate surface area is 158 Å². The number of methoxy groups -OCH3 is 1. The molecule has 0 bridgehead atoms. The number of aromatic nitrogens is 1. The molecule has 0 N–H and O–H groups in total. The lowest BCUT2D eigenvalue weighted by molar-refractivity contribution is 0.0523. The van der Waals surface area contributed by atoms with Crippen molar-refractivity contribution in [2.45, 2.75) is 39.7 Å². The predicted octanol–water partition coefficient (Wildman–Crippen LogP) is 3.45. The number of pyridine rings is 1. The van der Waals surface area contributed by atoms with E-state index in [4.69, 9.17) is 9.47 Å². The zero-order valence-electron chi connectivity index (χ0n) is 16.0. The lowest BCUT2D eigenvalue weighted by Crippen LogP contribution is -2.28. The predicted molar refractivity (Wildman–Crippen MR) is 103 cm³/mol. The van der Waals surface area contributed by atoms with E-state index in [0.717, 1.165) is 19.3 Å². The van der Waals surface area contributed by atoms with Gasteiger partial charge in [0.1, 0.15) is 11.3 Å². The monoisotopic (exact) mass is 371 g/mol. The maximum atomic E-state index is 13.0. The summed E-state index contributed by atoms with van der Waals surface area (Å²) in [6.07, 6.45) is 4.24. The van der Waals surface area contributed by atoms with Crippen LogP contribution in [0.4, 0.5) is 0 Å². The summed E-state index contributed by atoms with van der Waals surface area (Å²) < 4.78 is 11.7. The van der Waals surface area contributed by atoms with E-state index in [1.54, 1.807) is 31.2 Å². The Balaban J connectivity index is 2.52. The van der Waals surface area contributed by atoms with Crippen LogP contribution in [0.2, 0.25) is 0 Å². The Morgan fingerprint density at radius 1 is 1.07 bits per heavy atom. The van der Waals surface area contributed by atoms with Gasteiger partial charge in [0.15, 0.2) is 5.78 Å². The van der Waals surface area contributed by atoms with E-state index in [1.165, 1.54) is 23.9 Å². The van der Waals surface area contributed by atoms with E-state index in [1.807, 2.05) is 0 Å². The molecule has 0 unspecified atom stereocenters. The molecular formula is C21H25NO5. The number of ketones is 1. The van der Waals surface area contributed by atoms with Crippen LogP contribution in [0.15, 0.2) is 41.3 Å². The molecule has 0 saturated heterocycles. The number of ether oxygens (including phenoxy) is 2. The van der Waals surface area contributed by atoms with Gasteiger partial charge in [0.05, 0.1) is 19.3 Å². The molecule has 0 spiro atoms. The normalized spacial score (nSPS) is 10.5. The zero-order chi connectivity index (χ0) is 19.8. The van der Waals surface area contributed by atoms with Crippen molar-refractivity contribution in [1.82, 2.24) is 4.57 Å². The standard InChI is InChI=1S/C21H25NO5/c1-4-6-9-12-22-14-15(13-17(20(22)24)21(25)27-5-2)19(23)16-10-7-8-11-18(16)26-3/h7-8,10-11,13-14H,4-6,9,12H2,1-3H3. The van der Waals surface area contributed by atoms with Crippen LogP contribution in [-0.2, 0) is 11.3 Å². The van der Waals surface area contributed by atoms with Gasteiger partial charge in [-0.2, -0.15) is 0 Å². The fraction of sp³-hybridized carbons (Fsp3) is 0.381. The van der Waals surface area contributed by atoms with Gasteiger partial charge in [-0.25, -0.2) is 4.79 Å². The first kappa shape index (κ1) is 20.4. The van der Waals surface area contributed by atoms with Crippen LogP contribution in [0.5, 0.6) is 5.75 Å². The number of unbranched alkanes of at least 4 members (excludes halogenated alkanes) is 2. The van der Waals surface area contributed by atoms with Crippen molar-refractivity contribution in [2.24, 2.45) is 0 Å². The summed E-state index contributed by atoms with van der Waals surface area (Å²) in [5, 5.41) is 0. The van der Waals surface area contributed by atoms with Gasteiger partial charge < -0.3 is 14.0 Å². The number of esters is 1. The SMILES string of the molecule is CCCCCn1cc(C(=O)c2ccccc2OC)cc(C(=O)OCC)c1=O. The van der Waals surface area contributed by atoms with Crippen LogP contribution < -0.4 is 10.3 Å². The highest BCUT2D eigenvalue weighted by atomic mass is 16.5. The Bertz CT molecular complexity index is 869. The zero-order valence-corrected chi connectivity index (χ0v) is 16.0. The number of carbonyl (C=O) groups is 2. The molecule has 6 nitrogen and oxygen atoms in total. The van der Waals surface area contributed by atoms with E-state index in [-0.39, 0.29) is 23.5 Å². The molecule has 0 saturated carbocycles. The molecule has 0 fully saturated rings. The summed E-state index contributed by atoms with van der Waals surface area (Å²) in [6.45, 7) is 4.32. The number of carbonyl (C=O) groups excluding carboxylic acids is 2. The quantitative estimate of drug-likeness (QED) is 0.383. The summed E-state index contributed by atoms with van der Waals surface area (Å²) in [7, 11) is 1.49. The van der Waals surface area contributed by atoms with Gasteiger partial charge in [-0.1, -0.05) is 31.9 Å². The Morgan fingerprint density at radius 2 is 1.81 bits per heavy atom. The van der Waals surface area contributed by atoms with Crippen molar-refractivity contribution in [1.29, 1.82) is 0 Å². The largest absolute Gasteiger partial charge is 0.496 e. The summed E-state index contributed by atoms with van der Waals surface area (Å²) in [4.78, 5) is 37.9. The third-order valence-electron chi connectivity index (χ3n) is 4.20. The van der Waals surface area contributed by atoms with Crippen molar-refractivity contribution in [3.8, 4) is 5.75 Å². The number of hydrogen-bond donors (Lipinski definition) is 0. The van der Waals surface area contributed by atoms with Crippen molar-refractivity contribution < 1.29 is 19.1 Å². The van der Waals surface area contributed by atoms with E-state index < -0.39 is 11.5 Å². The fourth-order valence-corrected chi connectivity index (χ4v) is 2.80. The summed E-state index contributed by atoms with van der Waals surface area (Å²) >= 11 is 0. The average Bonchev–Trinajstić information content (AvgIpc) is 2.69. The number of rotatable bonds is 9. The van der Waals surface area contributed by atoms with Crippen LogP contribution in [0.25, 0.3) is 0 Å². The topological polar surface area (TPSA) is 74.6 Å². The Morgan fingerprint density at radius 3 is 2.48 bits per heavy atom. The van der Waals surface area contributed by atoms with Gasteiger partial charge in [0, 0.05) is 18.3 Å². The molecule has 144 valence electrons. The maximum Gasteiger partial charge on any atom is 0.343 e. The molecule has 2 aromatic rings. The number of nitrogens with zero attached hydrogens (tertiary/aromatic N) is 1. The third-order valence-corrected chi connectivity index (χ3v) is 4.20. The molecule has 1 aromatic heterocycles. The molecule has 2 rings (SSSR count). The van der Waals surface area contributed by atoms with Crippen LogP contribution in [0.1, 0.15) is 59.4 Å². The van der Waals surface area contributed by atoms with Gasteiger partial charge >= 0.3 is 5.97 Å². The van der Waals surface area contributed by atoms with Crippen LogP contribution in [0.3, 0.4) is 0 Å². The molecule has 0 aliphatic heterocycles. The first-order valence-corrected chi connectivity index (χ1v) is 9.12. The van der Waals surface area contributed by atoms with Crippen molar-refractivity contribution in [3.05, 3.63) is 63.6 Å². The highest BCUT2D eigenvalue weighted by Crippen LogP contribution is 2.21. The minimum atomic E-state index is -0.721. The highest BCUT2D eigenvalue weighted by molar-refractivity contribution is 6.11. The second-order valence-electron chi connectivity index (χ2n) is 6.10. The van der Waals surface area contributed by atoms with Crippen LogP contribution in [-0.4, -0.2) is 30.0 Å². The molecule has 27 heavy (non-hydrogen) atoms. The second-order valence-corrected chi connectivity index (χ2v) is 6.10. The number of para-hydroxylation sites is 1. The molecule has 0 aliphatic rings. The van der Waals surface area contributed by atoms with E-state index in [0.29, 0.717) is 17.9 Å². The summed E-state index contributed by atoms with van der Waals surface area (Å²) in [6, 6.07) is 8.16. The van der Waals surface area contributed by atoms with Crippen molar-refractivity contribution >= 4 is 11.8 Å². The van der Waals surface area contributed by atoms with Gasteiger partial charge in [-0.3, -0.25) is 9.59 Å². The van der Waals surface area contributed by atoms with E-state index in [9.17, 15) is 14.4 Å². The molecule has 1 aromatic carbocycles. The lowest BCUT2D eigenvalue weighted by atomic mass is 10.0. The van der Waals surface area contributed by atoms with Gasteiger partial charge in [0.2, 0.25) is 0 Å². The Kier molecular flexibility index (Phi) is 7.34. The second kappa shape index (κ2) is 9.71. The molecule has 6 heteroatoms. The number of benzene rings is 1. The van der Waals surface area contributed by atoms with Crippen LogP contribution >= 0.6 is 0 Å². The Hall–Kier alpha value is -2.89. The fourth-order valence-electron chi connectivity index (χ4n) is 2.80. The lowest BCUT2D eigenvalue weighted by Gasteiger charge is -2.12. The molecule has 0 atom stereocenters. The minimum absolute atomic E-state index is 0.130. The molecular weight excluding hydrogens is 346 g/mol. The van der Waals surface area contributed by atoms with Gasteiger partial charge in [0.25, 0.3) is 5.56 Å². The highest BCUT2D eigenvalue weighted by Gasteiger charge is 2.21. The summed E-state index contributed by atoms with van der Waals surface area (Å²) in [5.41, 5.74) is 0.0439. The number of aryl methyl sites for hydroxylation is 1. The van der Waals surface area contributed by atoms with Crippen LogP contribution in [0, 0.1) is 0 Å². The molecule has 1 heterocycles. The molecule has 0 aliphatic carbocycles.